The zero-order chi connectivity index (χ0) is 67.5. The number of thiophene rings is 4. The molecule has 4 heterocycles. The third kappa shape index (κ3) is 14.4. The van der Waals surface area contributed by atoms with Crippen molar-refractivity contribution in [3.05, 3.63) is 231 Å². The van der Waals surface area contributed by atoms with Gasteiger partial charge in [-0.2, -0.15) is 15.0 Å². The Hall–Kier alpha value is -7.43. The molecular formula is C83H87F4N3S4. The smallest absolute Gasteiger partial charge is 0.243 e. The lowest BCUT2D eigenvalue weighted by Crippen LogP contribution is -1.98. The maximum absolute atomic E-state index is 15.2. The van der Waals surface area contributed by atoms with Crippen molar-refractivity contribution in [3.63, 3.8) is 0 Å². The number of nitriles is 1. The molecule has 0 unspecified atom stereocenters. The molecule has 9 rings (SSSR count). The van der Waals surface area contributed by atoms with E-state index in [-0.39, 0.29) is 5.82 Å². The summed E-state index contributed by atoms with van der Waals surface area (Å²) in [5.74, 6) is -3.09. The molecule has 7 aromatic rings. The van der Waals surface area contributed by atoms with Crippen LogP contribution in [-0.2, 0) is 51.4 Å². The fourth-order valence-corrected chi connectivity index (χ4v) is 19.1. The number of alkyl halides is 1. The second-order valence-electron chi connectivity index (χ2n) is 24.7. The van der Waals surface area contributed by atoms with Gasteiger partial charge >= 0.3 is 5.82 Å². The molecule has 0 atom stereocenters. The molecule has 3 aromatic carbocycles. The zero-order valence-electron chi connectivity index (χ0n) is 56.4. The highest BCUT2D eigenvalue weighted by Crippen LogP contribution is 2.60. The third-order valence-electron chi connectivity index (χ3n) is 18.7. The van der Waals surface area contributed by atoms with Gasteiger partial charge in [0, 0.05) is 41.8 Å². The number of hydrogen-bond donors (Lipinski definition) is 0. The van der Waals surface area contributed by atoms with Gasteiger partial charge in [-0.3, -0.25) is 0 Å². The van der Waals surface area contributed by atoms with E-state index in [0.717, 1.165) is 127 Å². The quantitative estimate of drug-likeness (QED) is 0.0199. The average molecular weight is 1330 g/mol. The van der Waals surface area contributed by atoms with E-state index in [1.807, 2.05) is 28.7 Å². The molecule has 486 valence electrons. The molecule has 4 aromatic heterocycles. The first-order chi connectivity index (χ1) is 45.5. The summed E-state index contributed by atoms with van der Waals surface area (Å²) in [5.41, 5.74) is 20.3. The second-order valence-corrected chi connectivity index (χ2v) is 28.9. The van der Waals surface area contributed by atoms with E-state index >= 15 is 13.2 Å². The average Bonchev–Trinajstić information content (AvgIpc) is 1.56. The Morgan fingerprint density at radius 3 is 1.35 bits per heavy atom. The summed E-state index contributed by atoms with van der Waals surface area (Å²) in [6.07, 6.45) is 27.0. The van der Waals surface area contributed by atoms with Crippen LogP contribution in [-0.4, -0.2) is 6.67 Å². The number of fused-ring (bicyclic) bond motifs is 2. The lowest BCUT2D eigenvalue weighted by atomic mass is 9.87. The van der Waals surface area contributed by atoms with Gasteiger partial charge in [0.2, 0.25) is 0 Å². The standard InChI is InChI=1S/C83H87F4N3S4/c1-15-24-26-28-30-32-34-58-40-71(91-69(58)45-64-51(12)63-43-67(86)68(87)44-66(63)73(64)49(10)48-88)79-77(74-54(19-5)36-52(17-3)37-55(74)20-6)81-82(93-79)78(75-56(21-7)38-53(18-4)39-57(75)22-8)80(94-81)72-41-59(35-33-31-29-27-25-16-2)70(92-72)46-65-50(11)62(42-60(85)47-84)61(23-9)76(65)83(89-13)90-14/h23,36-46H,9,11-12,15-22,24-35,47H2,1-8,10H3/b60-42+,64-45+,65-46+,73-49-. The van der Waals surface area contributed by atoms with Crippen LogP contribution in [0.1, 0.15) is 205 Å². The molecule has 0 aliphatic heterocycles. The number of hydrogen-bond acceptors (Lipinski definition) is 5. The minimum atomic E-state index is -1.31. The maximum atomic E-state index is 15.2. The predicted molar refractivity (Wildman–Crippen MR) is 399 cm³/mol. The Morgan fingerprint density at radius 1 is 0.532 bits per heavy atom. The Morgan fingerprint density at radius 2 is 0.957 bits per heavy atom. The topological polar surface area (TPSA) is 32.5 Å². The van der Waals surface area contributed by atoms with Crippen LogP contribution in [0.5, 0.6) is 0 Å². The van der Waals surface area contributed by atoms with Gasteiger partial charge in [-0.15, -0.1) is 45.3 Å². The molecule has 2 aliphatic carbocycles. The first kappa shape index (κ1) is 70.9. The van der Waals surface area contributed by atoms with Gasteiger partial charge in [-0.25, -0.2) is 17.6 Å². The molecule has 0 fully saturated rings. The summed E-state index contributed by atoms with van der Waals surface area (Å²) < 4.78 is 61.8. The van der Waals surface area contributed by atoms with Gasteiger partial charge in [0.15, 0.2) is 11.6 Å². The lowest BCUT2D eigenvalue weighted by molar-refractivity contribution is 0.459. The number of allylic oxidation sites excluding steroid dienone is 12. The molecule has 0 radical (unpaired) electrons. The summed E-state index contributed by atoms with van der Waals surface area (Å²) in [5, 5.41) is 10.5. The van der Waals surface area contributed by atoms with E-state index in [9.17, 15) is 9.65 Å². The van der Waals surface area contributed by atoms with Crippen LogP contribution < -0.4 is 0 Å². The monoisotopic (exact) mass is 1330 g/mol. The summed E-state index contributed by atoms with van der Waals surface area (Å²) in [7, 11) is 0. The predicted octanol–water partition coefficient (Wildman–Crippen LogP) is 26.9. The maximum Gasteiger partial charge on any atom is 0.527 e. The number of aryl methyl sites for hydroxylation is 8. The number of nitrogens with zero attached hydrogens (tertiary/aromatic N) is 3. The van der Waals surface area contributed by atoms with Crippen LogP contribution in [0, 0.1) is 36.1 Å². The van der Waals surface area contributed by atoms with E-state index in [2.05, 4.69) is 133 Å². The molecular weight excluding hydrogens is 1240 g/mol. The van der Waals surface area contributed by atoms with Gasteiger partial charge in [-0.05, 0) is 214 Å². The second kappa shape index (κ2) is 32.3. The van der Waals surface area contributed by atoms with Crippen molar-refractivity contribution in [2.45, 2.75) is 191 Å². The molecule has 11 heteroatoms. The van der Waals surface area contributed by atoms with Crippen LogP contribution in [0.15, 0.2) is 131 Å². The molecule has 94 heavy (non-hydrogen) atoms. The van der Waals surface area contributed by atoms with Crippen molar-refractivity contribution in [1.29, 1.82) is 5.26 Å². The molecule has 0 saturated carbocycles. The van der Waals surface area contributed by atoms with Crippen LogP contribution in [0.2, 0.25) is 0 Å². The first-order valence-corrected chi connectivity index (χ1v) is 37.2. The molecule has 0 spiro atoms. The van der Waals surface area contributed by atoms with Gasteiger partial charge < -0.3 is 0 Å². The van der Waals surface area contributed by atoms with Crippen molar-refractivity contribution in [2.24, 2.45) is 0 Å². The fourth-order valence-electron chi connectivity index (χ4n) is 13.7. The van der Waals surface area contributed by atoms with Gasteiger partial charge in [-0.1, -0.05) is 170 Å². The number of rotatable bonds is 29. The van der Waals surface area contributed by atoms with E-state index in [0.29, 0.717) is 61.3 Å². The summed E-state index contributed by atoms with van der Waals surface area (Å²) in [6.45, 7) is 47.8. The van der Waals surface area contributed by atoms with Crippen LogP contribution >= 0.6 is 45.3 Å². The van der Waals surface area contributed by atoms with Gasteiger partial charge in [0.05, 0.1) is 30.8 Å². The highest BCUT2D eigenvalue weighted by atomic mass is 32.1. The zero-order valence-corrected chi connectivity index (χ0v) is 59.7. The van der Waals surface area contributed by atoms with Crippen molar-refractivity contribution >= 4 is 78.0 Å². The van der Waals surface area contributed by atoms with Crippen molar-refractivity contribution in [2.75, 3.05) is 6.67 Å². The van der Waals surface area contributed by atoms with Crippen molar-refractivity contribution in [1.82, 2.24) is 0 Å². The lowest BCUT2D eigenvalue weighted by Gasteiger charge is -2.17. The number of halogens is 4. The SMILES string of the molecule is [C-]#[N+]C([N+]#[C-])=C1C(C=C)=C(/C=C(/F)CF)C(=C)/C1=C\c1sc(-c2sc3c(-c4c(CC)cc(CC)cc4CC)c(-c4cc(CCCCCCCC)c(/C=C5\C(=C)c6cc(F)c(F)cc6\C5=C(\C)C#N)s4)sc3c2-c2c(CC)cc(CC)cc2CC)cc1CCCCCCCC. The summed E-state index contributed by atoms with van der Waals surface area (Å²) >= 11 is 7.19. The van der Waals surface area contributed by atoms with Gasteiger partial charge in [0.25, 0.3) is 0 Å². The summed E-state index contributed by atoms with van der Waals surface area (Å²) in [4.78, 5) is 14.0. The van der Waals surface area contributed by atoms with E-state index in [1.165, 1.54) is 131 Å². The molecule has 0 N–H and O–H groups in total. The van der Waals surface area contributed by atoms with Crippen LogP contribution in [0.25, 0.3) is 84.2 Å². The van der Waals surface area contributed by atoms with Crippen LogP contribution in [0.4, 0.5) is 17.6 Å². The molecule has 0 saturated heterocycles. The Labute approximate surface area is 573 Å². The third-order valence-corrected chi connectivity index (χ3v) is 23.9. The highest BCUT2D eigenvalue weighted by Gasteiger charge is 2.36. The molecule has 0 bridgehead atoms. The summed E-state index contributed by atoms with van der Waals surface area (Å²) in [6, 6.07) is 19.2. The van der Waals surface area contributed by atoms with E-state index in [4.69, 9.17) is 13.1 Å². The Balaban J connectivity index is 1.39. The fraction of sp³-hybridized carbons (Fsp3) is 0.361. The van der Waals surface area contributed by atoms with Crippen molar-refractivity contribution in [3.8, 4) is 47.8 Å². The first-order valence-electron chi connectivity index (χ1n) is 33.9. The molecule has 3 nitrogen and oxygen atoms in total. The number of benzene rings is 3. The molecule has 2 aliphatic rings. The number of unbranched alkanes of at least 4 members (excludes halogenated alkanes) is 10. The van der Waals surface area contributed by atoms with Crippen molar-refractivity contribution < 1.29 is 17.6 Å². The highest BCUT2D eigenvalue weighted by molar-refractivity contribution is 7.35. The molecule has 0 amide bonds. The largest absolute Gasteiger partial charge is 0.527 e. The van der Waals surface area contributed by atoms with Gasteiger partial charge in [0.1, 0.15) is 25.6 Å². The normalized spacial score (nSPS) is 14.7. The minimum Gasteiger partial charge on any atom is -0.243 e. The minimum absolute atomic E-state index is 0.188. The Kier molecular flexibility index (Phi) is 24.4. The van der Waals surface area contributed by atoms with E-state index < -0.39 is 24.1 Å². The van der Waals surface area contributed by atoms with Crippen LogP contribution in [0.3, 0.4) is 0 Å². The Bertz CT molecular complexity index is 4360. The van der Waals surface area contributed by atoms with E-state index in [1.54, 1.807) is 29.6 Å².